The highest BCUT2D eigenvalue weighted by molar-refractivity contribution is 5.14. The maximum atomic E-state index is 10.0. The molecule has 1 atom stereocenters. The Morgan fingerprint density at radius 3 is 2.65 bits per heavy atom. The van der Waals surface area contributed by atoms with Gasteiger partial charge in [0.2, 0.25) is 0 Å². The molecule has 1 aromatic rings. The third kappa shape index (κ3) is 6.41. The zero-order valence-corrected chi connectivity index (χ0v) is 10.8. The molecule has 17 heavy (non-hydrogen) atoms. The molecule has 0 heterocycles. The summed E-state index contributed by atoms with van der Waals surface area (Å²) in [6.45, 7) is 3.91. The van der Waals surface area contributed by atoms with E-state index in [1.54, 1.807) is 7.11 Å². The molecule has 0 aromatic heterocycles. The lowest BCUT2D eigenvalue weighted by atomic mass is 10.0. The fraction of sp³-hybridized carbons (Fsp3) is 0.571. The number of hydrogen-bond acceptors (Lipinski definition) is 3. The molecule has 2 N–H and O–H groups in total. The summed E-state index contributed by atoms with van der Waals surface area (Å²) in [4.78, 5) is 0. The van der Waals surface area contributed by atoms with Gasteiger partial charge in [-0.1, -0.05) is 30.3 Å². The Morgan fingerprint density at radius 2 is 2.00 bits per heavy atom. The topological polar surface area (TPSA) is 41.5 Å². The van der Waals surface area contributed by atoms with Gasteiger partial charge in [0.25, 0.3) is 0 Å². The van der Waals surface area contributed by atoms with E-state index in [-0.39, 0.29) is 0 Å². The van der Waals surface area contributed by atoms with E-state index in [4.69, 9.17) is 4.74 Å². The van der Waals surface area contributed by atoms with Gasteiger partial charge in [-0.2, -0.15) is 0 Å². The number of aliphatic hydroxyl groups is 1. The summed E-state index contributed by atoms with van der Waals surface area (Å²) in [6.07, 6.45) is 1.64. The van der Waals surface area contributed by atoms with Gasteiger partial charge in [-0.05, 0) is 25.5 Å². The molecule has 1 unspecified atom stereocenters. The van der Waals surface area contributed by atoms with Gasteiger partial charge in [0.15, 0.2) is 0 Å². The second-order valence-electron chi connectivity index (χ2n) is 4.65. The maximum Gasteiger partial charge on any atom is 0.0765 e. The van der Waals surface area contributed by atoms with E-state index in [2.05, 4.69) is 17.4 Å². The molecule has 1 rings (SSSR count). The van der Waals surface area contributed by atoms with Gasteiger partial charge in [0, 0.05) is 26.7 Å². The molecule has 0 aliphatic heterocycles. The van der Waals surface area contributed by atoms with Gasteiger partial charge in [-0.25, -0.2) is 0 Å². The predicted octanol–water partition coefficient (Wildman–Crippen LogP) is 1.61. The van der Waals surface area contributed by atoms with Crippen LogP contribution in [0.5, 0.6) is 0 Å². The van der Waals surface area contributed by atoms with Crippen LogP contribution in [0.25, 0.3) is 0 Å². The summed E-state index contributed by atoms with van der Waals surface area (Å²) in [5, 5.41) is 13.3. The predicted molar refractivity (Wildman–Crippen MR) is 70.1 cm³/mol. The van der Waals surface area contributed by atoms with Crippen molar-refractivity contribution in [3.8, 4) is 0 Å². The van der Waals surface area contributed by atoms with Gasteiger partial charge in [-0.15, -0.1) is 0 Å². The van der Waals surface area contributed by atoms with Crippen LogP contribution in [-0.2, 0) is 11.2 Å². The number of ether oxygens (including phenoxy) is 1. The molecule has 0 bridgehead atoms. The van der Waals surface area contributed by atoms with Crippen LogP contribution in [0.15, 0.2) is 30.3 Å². The largest absolute Gasteiger partial charge is 0.389 e. The standard InChI is InChI=1S/C14H23NO2/c1-14(16,9-11-17-2)12-15-10-8-13-6-4-3-5-7-13/h3-7,15-16H,8-12H2,1-2H3. The molecule has 0 saturated carbocycles. The van der Waals surface area contributed by atoms with Crippen molar-refractivity contribution in [1.29, 1.82) is 0 Å². The summed E-state index contributed by atoms with van der Waals surface area (Å²) >= 11 is 0. The molecule has 0 amide bonds. The second kappa shape index (κ2) is 7.43. The SMILES string of the molecule is COCCC(C)(O)CNCCc1ccccc1. The van der Waals surface area contributed by atoms with E-state index < -0.39 is 5.60 Å². The smallest absolute Gasteiger partial charge is 0.0765 e. The van der Waals surface area contributed by atoms with Crippen molar-refractivity contribution in [1.82, 2.24) is 5.32 Å². The van der Waals surface area contributed by atoms with Crippen LogP contribution < -0.4 is 5.32 Å². The molecule has 0 aliphatic rings. The zero-order valence-electron chi connectivity index (χ0n) is 10.8. The number of benzene rings is 1. The Hall–Kier alpha value is -0.900. The summed E-state index contributed by atoms with van der Waals surface area (Å²) in [5.74, 6) is 0. The highest BCUT2D eigenvalue weighted by atomic mass is 16.5. The van der Waals surface area contributed by atoms with E-state index >= 15 is 0 Å². The molecule has 0 radical (unpaired) electrons. The van der Waals surface area contributed by atoms with E-state index in [9.17, 15) is 5.11 Å². The summed E-state index contributed by atoms with van der Waals surface area (Å²) in [5.41, 5.74) is 0.628. The van der Waals surface area contributed by atoms with Crippen LogP contribution in [0.2, 0.25) is 0 Å². The number of methoxy groups -OCH3 is 1. The first kappa shape index (κ1) is 14.2. The fourth-order valence-corrected chi connectivity index (χ4v) is 1.65. The van der Waals surface area contributed by atoms with Crippen molar-refractivity contribution in [2.45, 2.75) is 25.4 Å². The first-order valence-corrected chi connectivity index (χ1v) is 6.10. The zero-order chi connectivity index (χ0) is 12.6. The Bertz CT molecular complexity index is 298. The van der Waals surface area contributed by atoms with E-state index in [0.29, 0.717) is 19.6 Å². The van der Waals surface area contributed by atoms with Crippen LogP contribution in [0.1, 0.15) is 18.9 Å². The van der Waals surface area contributed by atoms with Crippen molar-refractivity contribution in [3.05, 3.63) is 35.9 Å². The van der Waals surface area contributed by atoms with Crippen LogP contribution in [0.3, 0.4) is 0 Å². The molecule has 96 valence electrons. The summed E-state index contributed by atoms with van der Waals surface area (Å²) in [7, 11) is 1.65. The Labute approximate surface area is 104 Å². The monoisotopic (exact) mass is 237 g/mol. The van der Waals surface area contributed by atoms with E-state index in [0.717, 1.165) is 13.0 Å². The summed E-state index contributed by atoms with van der Waals surface area (Å²) in [6, 6.07) is 10.3. The first-order valence-electron chi connectivity index (χ1n) is 6.10. The van der Waals surface area contributed by atoms with Crippen LogP contribution in [0, 0.1) is 0 Å². The molecule has 0 saturated heterocycles. The van der Waals surface area contributed by atoms with E-state index in [1.807, 2.05) is 25.1 Å². The average molecular weight is 237 g/mol. The van der Waals surface area contributed by atoms with Crippen molar-refractivity contribution >= 4 is 0 Å². The molecule has 0 fully saturated rings. The van der Waals surface area contributed by atoms with Gasteiger partial charge < -0.3 is 15.2 Å². The Kier molecular flexibility index (Phi) is 6.19. The maximum absolute atomic E-state index is 10.0. The normalized spacial score (nSPS) is 14.5. The highest BCUT2D eigenvalue weighted by Crippen LogP contribution is 2.07. The minimum atomic E-state index is -0.688. The minimum Gasteiger partial charge on any atom is -0.389 e. The van der Waals surface area contributed by atoms with Crippen molar-refractivity contribution in [2.75, 3.05) is 26.8 Å². The first-order chi connectivity index (χ1) is 8.14. The molecular formula is C14H23NO2. The van der Waals surface area contributed by atoms with Crippen molar-refractivity contribution < 1.29 is 9.84 Å². The fourth-order valence-electron chi connectivity index (χ4n) is 1.65. The minimum absolute atomic E-state index is 0.591. The van der Waals surface area contributed by atoms with Crippen molar-refractivity contribution in [3.63, 3.8) is 0 Å². The van der Waals surface area contributed by atoms with Crippen LogP contribution >= 0.6 is 0 Å². The third-order valence-electron chi connectivity index (χ3n) is 2.78. The van der Waals surface area contributed by atoms with Crippen molar-refractivity contribution in [2.24, 2.45) is 0 Å². The lowest BCUT2D eigenvalue weighted by Gasteiger charge is -2.23. The molecule has 3 nitrogen and oxygen atoms in total. The lowest BCUT2D eigenvalue weighted by molar-refractivity contribution is 0.0252. The molecule has 1 aromatic carbocycles. The molecule has 0 spiro atoms. The van der Waals surface area contributed by atoms with Crippen LogP contribution in [-0.4, -0.2) is 37.5 Å². The summed E-state index contributed by atoms with van der Waals surface area (Å²) < 4.78 is 4.97. The van der Waals surface area contributed by atoms with Gasteiger partial charge in [-0.3, -0.25) is 0 Å². The number of nitrogens with one attached hydrogen (secondary N) is 1. The Morgan fingerprint density at radius 1 is 1.29 bits per heavy atom. The third-order valence-corrected chi connectivity index (χ3v) is 2.78. The lowest BCUT2D eigenvalue weighted by Crippen LogP contribution is -2.39. The molecule has 3 heteroatoms. The second-order valence-corrected chi connectivity index (χ2v) is 4.65. The van der Waals surface area contributed by atoms with Gasteiger partial charge in [0.1, 0.15) is 0 Å². The quantitative estimate of drug-likeness (QED) is 0.675. The highest BCUT2D eigenvalue weighted by Gasteiger charge is 2.18. The molecule has 0 aliphatic carbocycles. The number of hydrogen-bond donors (Lipinski definition) is 2. The Balaban J connectivity index is 2.15. The van der Waals surface area contributed by atoms with Gasteiger partial charge >= 0.3 is 0 Å². The van der Waals surface area contributed by atoms with Gasteiger partial charge in [0.05, 0.1) is 5.60 Å². The van der Waals surface area contributed by atoms with Crippen LogP contribution in [0.4, 0.5) is 0 Å². The average Bonchev–Trinajstić information content (AvgIpc) is 2.34. The number of rotatable bonds is 8. The molecular weight excluding hydrogens is 214 g/mol. The van der Waals surface area contributed by atoms with E-state index in [1.165, 1.54) is 5.56 Å².